The molecule has 7 nitrogen and oxygen atoms in total. The maximum Gasteiger partial charge on any atom is 0.330 e. The Labute approximate surface area is 146 Å². The average molecular weight is 348 g/mol. The van der Waals surface area contributed by atoms with Crippen molar-refractivity contribution in [3.05, 3.63) is 55.9 Å². The summed E-state index contributed by atoms with van der Waals surface area (Å²) in [7, 11) is 3.14. The van der Waals surface area contributed by atoms with Crippen molar-refractivity contribution in [2.75, 3.05) is 20.8 Å². The van der Waals surface area contributed by atoms with Crippen molar-refractivity contribution in [2.45, 2.75) is 33.4 Å². The lowest BCUT2D eigenvalue weighted by atomic mass is 10.0. The van der Waals surface area contributed by atoms with E-state index in [4.69, 9.17) is 14.2 Å². The smallest absolute Gasteiger partial charge is 0.330 e. The van der Waals surface area contributed by atoms with Crippen molar-refractivity contribution in [3.8, 4) is 11.5 Å². The Morgan fingerprint density at radius 3 is 2.40 bits per heavy atom. The van der Waals surface area contributed by atoms with Gasteiger partial charge in [0.15, 0.2) is 11.5 Å². The van der Waals surface area contributed by atoms with Crippen LogP contribution in [0.3, 0.4) is 0 Å². The molecular formula is C18H24N2O5. The van der Waals surface area contributed by atoms with Gasteiger partial charge in [0.25, 0.3) is 5.56 Å². The molecule has 1 aromatic heterocycles. The van der Waals surface area contributed by atoms with Crippen molar-refractivity contribution < 1.29 is 14.2 Å². The van der Waals surface area contributed by atoms with Crippen molar-refractivity contribution in [2.24, 2.45) is 0 Å². The van der Waals surface area contributed by atoms with Crippen molar-refractivity contribution >= 4 is 0 Å². The van der Waals surface area contributed by atoms with Gasteiger partial charge in [-0.1, -0.05) is 13.0 Å². The summed E-state index contributed by atoms with van der Waals surface area (Å²) in [6, 6.07) is 5.53. The second-order valence-electron chi connectivity index (χ2n) is 5.45. The van der Waals surface area contributed by atoms with E-state index in [0.717, 1.165) is 5.56 Å². The Hall–Kier alpha value is -2.54. The van der Waals surface area contributed by atoms with E-state index in [2.05, 4.69) is 4.98 Å². The van der Waals surface area contributed by atoms with Crippen molar-refractivity contribution in [3.63, 3.8) is 0 Å². The monoisotopic (exact) mass is 348 g/mol. The van der Waals surface area contributed by atoms with Crippen LogP contribution in [0.1, 0.15) is 30.7 Å². The first-order valence-electron chi connectivity index (χ1n) is 8.19. The predicted molar refractivity (Wildman–Crippen MR) is 94.7 cm³/mol. The number of methoxy groups -OCH3 is 2. The maximum absolute atomic E-state index is 12.2. The van der Waals surface area contributed by atoms with Gasteiger partial charge >= 0.3 is 5.69 Å². The summed E-state index contributed by atoms with van der Waals surface area (Å²) in [6.07, 6.45) is 0.931. The fraction of sp³-hybridized carbons (Fsp3) is 0.444. The third-order valence-electron chi connectivity index (χ3n) is 4.01. The van der Waals surface area contributed by atoms with Gasteiger partial charge in [0.1, 0.15) is 6.73 Å². The zero-order valence-electron chi connectivity index (χ0n) is 15.0. The van der Waals surface area contributed by atoms with E-state index in [1.807, 2.05) is 26.0 Å². The van der Waals surface area contributed by atoms with Crippen LogP contribution in [0.15, 0.2) is 27.8 Å². The highest BCUT2D eigenvalue weighted by Gasteiger charge is 2.15. The number of nitrogens with zero attached hydrogens (tertiary/aromatic N) is 1. The van der Waals surface area contributed by atoms with Crippen LogP contribution in [-0.4, -0.2) is 30.4 Å². The number of aromatic amines is 1. The van der Waals surface area contributed by atoms with Crippen LogP contribution in [0.5, 0.6) is 11.5 Å². The molecule has 0 aliphatic carbocycles. The Bertz CT molecular complexity index is 838. The molecule has 1 aromatic carbocycles. The highest BCUT2D eigenvalue weighted by atomic mass is 16.5. The summed E-state index contributed by atoms with van der Waals surface area (Å²) in [6.45, 7) is 4.31. The normalized spacial score (nSPS) is 10.7. The fourth-order valence-corrected chi connectivity index (χ4v) is 2.73. The van der Waals surface area contributed by atoms with Crippen molar-refractivity contribution in [1.29, 1.82) is 0 Å². The molecule has 0 radical (unpaired) electrons. The Morgan fingerprint density at radius 2 is 1.80 bits per heavy atom. The number of benzene rings is 1. The van der Waals surface area contributed by atoms with Crippen LogP contribution in [0.2, 0.25) is 0 Å². The quantitative estimate of drug-likeness (QED) is 0.785. The van der Waals surface area contributed by atoms with Crippen LogP contribution in [0, 0.1) is 0 Å². The molecule has 0 saturated carbocycles. The highest BCUT2D eigenvalue weighted by molar-refractivity contribution is 5.44. The van der Waals surface area contributed by atoms with E-state index in [1.165, 1.54) is 4.57 Å². The van der Waals surface area contributed by atoms with E-state index in [1.54, 1.807) is 20.3 Å². The molecule has 0 unspecified atom stereocenters. The highest BCUT2D eigenvalue weighted by Crippen LogP contribution is 2.28. The molecule has 2 rings (SSSR count). The van der Waals surface area contributed by atoms with Gasteiger partial charge in [-0.05, 0) is 31.0 Å². The summed E-state index contributed by atoms with van der Waals surface area (Å²) in [4.78, 5) is 26.8. The van der Waals surface area contributed by atoms with E-state index in [0.29, 0.717) is 42.2 Å². The van der Waals surface area contributed by atoms with E-state index in [9.17, 15) is 9.59 Å². The molecule has 0 spiro atoms. The summed E-state index contributed by atoms with van der Waals surface area (Å²) in [5.74, 6) is 1.22. The summed E-state index contributed by atoms with van der Waals surface area (Å²) in [5.41, 5.74) is 1.32. The number of rotatable bonds is 8. The topological polar surface area (TPSA) is 82.6 Å². The number of aromatic nitrogens is 2. The third-order valence-corrected chi connectivity index (χ3v) is 4.01. The Balaban J connectivity index is 2.53. The second kappa shape index (κ2) is 8.53. The van der Waals surface area contributed by atoms with Gasteiger partial charge in [0, 0.05) is 24.3 Å². The van der Waals surface area contributed by atoms with Gasteiger partial charge in [-0.25, -0.2) is 4.79 Å². The SMILES string of the molecule is CCOCn1c(Cc2ccc(OC)c(OC)c2)c(CC)c(=O)[nH]c1=O. The number of ether oxygens (including phenoxy) is 3. The summed E-state index contributed by atoms with van der Waals surface area (Å²) < 4.78 is 17.4. The van der Waals surface area contributed by atoms with E-state index < -0.39 is 5.69 Å². The van der Waals surface area contributed by atoms with E-state index in [-0.39, 0.29) is 12.3 Å². The molecular weight excluding hydrogens is 324 g/mol. The summed E-state index contributed by atoms with van der Waals surface area (Å²) in [5, 5.41) is 0. The number of H-pyrrole nitrogens is 1. The molecule has 1 heterocycles. The molecule has 0 amide bonds. The molecule has 7 heteroatoms. The first-order valence-corrected chi connectivity index (χ1v) is 8.19. The number of nitrogens with one attached hydrogen (secondary N) is 1. The minimum atomic E-state index is -0.467. The molecule has 0 saturated heterocycles. The molecule has 0 aliphatic rings. The van der Waals surface area contributed by atoms with Crippen LogP contribution in [-0.2, 0) is 24.3 Å². The van der Waals surface area contributed by atoms with Gasteiger partial charge < -0.3 is 14.2 Å². The molecule has 0 bridgehead atoms. The van der Waals surface area contributed by atoms with Crippen LogP contribution >= 0.6 is 0 Å². The fourth-order valence-electron chi connectivity index (χ4n) is 2.73. The largest absolute Gasteiger partial charge is 0.493 e. The molecule has 0 aliphatic heterocycles. The molecule has 0 atom stereocenters. The van der Waals surface area contributed by atoms with Crippen molar-refractivity contribution in [1.82, 2.24) is 9.55 Å². The molecule has 25 heavy (non-hydrogen) atoms. The zero-order valence-corrected chi connectivity index (χ0v) is 15.0. The Kier molecular flexibility index (Phi) is 6.41. The van der Waals surface area contributed by atoms with Gasteiger partial charge in [-0.2, -0.15) is 0 Å². The first kappa shape index (κ1) is 18.8. The molecule has 1 N–H and O–H groups in total. The standard InChI is InChI=1S/C18H24N2O5/c1-5-13-14(20(11-25-6-2)18(22)19-17(13)21)9-12-7-8-15(23-3)16(10-12)24-4/h7-8,10H,5-6,9,11H2,1-4H3,(H,19,21,22). The molecule has 0 fully saturated rings. The number of hydrogen-bond acceptors (Lipinski definition) is 5. The Morgan fingerprint density at radius 1 is 1.08 bits per heavy atom. The van der Waals surface area contributed by atoms with Gasteiger partial charge in [0.05, 0.1) is 14.2 Å². The molecule has 2 aromatic rings. The maximum atomic E-state index is 12.2. The number of hydrogen-bond donors (Lipinski definition) is 1. The minimum Gasteiger partial charge on any atom is -0.493 e. The average Bonchev–Trinajstić information content (AvgIpc) is 2.61. The van der Waals surface area contributed by atoms with Crippen LogP contribution < -0.4 is 20.7 Å². The lowest BCUT2D eigenvalue weighted by Gasteiger charge is -2.16. The van der Waals surface area contributed by atoms with Gasteiger partial charge in [-0.3, -0.25) is 14.3 Å². The lowest BCUT2D eigenvalue weighted by molar-refractivity contribution is 0.0822. The zero-order chi connectivity index (χ0) is 18.4. The predicted octanol–water partition coefficient (Wildman–Crippen LogP) is 1.70. The van der Waals surface area contributed by atoms with Gasteiger partial charge in [-0.15, -0.1) is 0 Å². The van der Waals surface area contributed by atoms with E-state index >= 15 is 0 Å². The first-order chi connectivity index (χ1) is 12.0. The second-order valence-corrected chi connectivity index (χ2v) is 5.45. The van der Waals surface area contributed by atoms with Crippen LogP contribution in [0.4, 0.5) is 0 Å². The third kappa shape index (κ3) is 4.11. The minimum absolute atomic E-state index is 0.0989. The summed E-state index contributed by atoms with van der Waals surface area (Å²) >= 11 is 0. The van der Waals surface area contributed by atoms with Crippen LogP contribution in [0.25, 0.3) is 0 Å². The van der Waals surface area contributed by atoms with Gasteiger partial charge in [0.2, 0.25) is 0 Å². The molecule has 136 valence electrons. The lowest BCUT2D eigenvalue weighted by Crippen LogP contribution is -2.36.